The Labute approximate surface area is 78.2 Å². The highest BCUT2D eigenvalue weighted by atomic mass is 16.3. The third kappa shape index (κ3) is 2.95. The lowest BCUT2D eigenvalue weighted by Gasteiger charge is -2.10. The second-order valence-electron chi connectivity index (χ2n) is 3.37. The van der Waals surface area contributed by atoms with Gasteiger partial charge in [0.2, 0.25) is 0 Å². The third-order valence-corrected chi connectivity index (χ3v) is 1.89. The van der Waals surface area contributed by atoms with Crippen LogP contribution in [0.25, 0.3) is 0 Å². The Morgan fingerprint density at radius 1 is 1.23 bits per heavy atom. The van der Waals surface area contributed by atoms with E-state index in [1.807, 2.05) is 19.0 Å². The largest absolute Gasteiger partial charge is 0.508 e. The van der Waals surface area contributed by atoms with E-state index in [-0.39, 0.29) is 11.5 Å². The highest BCUT2D eigenvalue weighted by molar-refractivity contribution is 5.38. The number of benzene rings is 1. The summed E-state index contributed by atoms with van der Waals surface area (Å²) in [5, 5.41) is 18.6. The topological polar surface area (TPSA) is 43.7 Å². The van der Waals surface area contributed by atoms with E-state index in [0.717, 1.165) is 18.5 Å². The maximum absolute atomic E-state index is 9.42. The van der Waals surface area contributed by atoms with Crippen LogP contribution in [0, 0.1) is 0 Å². The van der Waals surface area contributed by atoms with Gasteiger partial charge in [-0.25, -0.2) is 0 Å². The van der Waals surface area contributed by atoms with Gasteiger partial charge in [0.05, 0.1) is 0 Å². The molecular weight excluding hydrogens is 166 g/mol. The summed E-state index contributed by atoms with van der Waals surface area (Å²) in [7, 11) is 3.94. The first-order valence-corrected chi connectivity index (χ1v) is 4.25. The van der Waals surface area contributed by atoms with Crippen molar-refractivity contribution in [2.75, 3.05) is 20.6 Å². The van der Waals surface area contributed by atoms with E-state index in [9.17, 15) is 10.2 Å². The number of aromatic hydroxyl groups is 2. The number of hydrogen-bond acceptors (Lipinski definition) is 3. The van der Waals surface area contributed by atoms with Crippen LogP contribution in [0.1, 0.15) is 5.56 Å². The van der Waals surface area contributed by atoms with Crippen LogP contribution in [-0.4, -0.2) is 35.8 Å². The molecule has 13 heavy (non-hydrogen) atoms. The fraction of sp³-hybridized carbons (Fsp3) is 0.400. The standard InChI is InChI=1S/C10H15NO2/c1-11(2)6-5-8-7-9(12)3-4-10(8)13/h3-4,7,12-13H,5-6H2,1-2H3. The van der Waals surface area contributed by atoms with Crippen molar-refractivity contribution < 1.29 is 10.2 Å². The van der Waals surface area contributed by atoms with Crippen LogP contribution in [0.15, 0.2) is 18.2 Å². The van der Waals surface area contributed by atoms with Gasteiger partial charge in [0.25, 0.3) is 0 Å². The average Bonchev–Trinajstić information content (AvgIpc) is 2.06. The lowest BCUT2D eigenvalue weighted by atomic mass is 10.1. The van der Waals surface area contributed by atoms with Crippen molar-refractivity contribution >= 4 is 0 Å². The van der Waals surface area contributed by atoms with Crippen molar-refractivity contribution in [2.24, 2.45) is 0 Å². The Morgan fingerprint density at radius 3 is 2.54 bits per heavy atom. The molecule has 2 N–H and O–H groups in total. The molecule has 0 aliphatic rings. The van der Waals surface area contributed by atoms with Crippen LogP contribution in [0.3, 0.4) is 0 Å². The summed E-state index contributed by atoms with van der Waals surface area (Å²) in [6.45, 7) is 0.858. The van der Waals surface area contributed by atoms with Crippen LogP contribution in [-0.2, 0) is 6.42 Å². The lowest BCUT2D eigenvalue weighted by molar-refractivity contribution is 0.404. The summed E-state index contributed by atoms with van der Waals surface area (Å²) in [4.78, 5) is 2.03. The second-order valence-corrected chi connectivity index (χ2v) is 3.37. The van der Waals surface area contributed by atoms with Crippen molar-refractivity contribution in [1.82, 2.24) is 4.90 Å². The normalized spacial score (nSPS) is 10.7. The number of rotatable bonds is 3. The highest BCUT2D eigenvalue weighted by Gasteiger charge is 2.02. The molecule has 0 unspecified atom stereocenters. The minimum Gasteiger partial charge on any atom is -0.508 e. The van der Waals surface area contributed by atoms with Crippen molar-refractivity contribution in [2.45, 2.75) is 6.42 Å². The van der Waals surface area contributed by atoms with E-state index in [1.54, 1.807) is 6.07 Å². The van der Waals surface area contributed by atoms with Crippen LogP contribution in [0.2, 0.25) is 0 Å². The van der Waals surface area contributed by atoms with Crippen LogP contribution < -0.4 is 0 Å². The zero-order valence-corrected chi connectivity index (χ0v) is 7.99. The Kier molecular flexibility index (Phi) is 3.14. The van der Waals surface area contributed by atoms with E-state index in [2.05, 4.69) is 0 Å². The molecule has 0 saturated carbocycles. The summed E-state index contributed by atoms with van der Waals surface area (Å²) >= 11 is 0. The summed E-state index contributed by atoms with van der Waals surface area (Å²) in [6, 6.07) is 4.59. The Hall–Kier alpha value is -1.22. The molecule has 72 valence electrons. The van der Waals surface area contributed by atoms with E-state index in [1.165, 1.54) is 12.1 Å². The van der Waals surface area contributed by atoms with Gasteiger partial charge >= 0.3 is 0 Å². The van der Waals surface area contributed by atoms with Crippen molar-refractivity contribution in [1.29, 1.82) is 0 Å². The van der Waals surface area contributed by atoms with Gasteiger partial charge in [0, 0.05) is 6.54 Å². The fourth-order valence-electron chi connectivity index (χ4n) is 1.12. The molecule has 1 aromatic rings. The lowest BCUT2D eigenvalue weighted by Crippen LogP contribution is -2.15. The monoisotopic (exact) mass is 181 g/mol. The molecule has 0 bridgehead atoms. The zero-order chi connectivity index (χ0) is 9.84. The molecule has 0 spiro atoms. The SMILES string of the molecule is CN(C)CCc1cc(O)ccc1O. The first-order chi connectivity index (χ1) is 6.09. The fourth-order valence-corrected chi connectivity index (χ4v) is 1.12. The molecule has 1 rings (SSSR count). The first kappa shape index (κ1) is 9.86. The Bertz CT molecular complexity index is 284. The van der Waals surface area contributed by atoms with Gasteiger partial charge in [0.15, 0.2) is 0 Å². The van der Waals surface area contributed by atoms with Gasteiger partial charge in [-0.05, 0) is 44.3 Å². The molecule has 0 aromatic heterocycles. The van der Waals surface area contributed by atoms with Gasteiger partial charge in [-0.2, -0.15) is 0 Å². The predicted octanol–water partition coefficient (Wildman–Crippen LogP) is 1.20. The molecule has 0 aliphatic heterocycles. The third-order valence-electron chi connectivity index (χ3n) is 1.89. The average molecular weight is 181 g/mol. The first-order valence-electron chi connectivity index (χ1n) is 4.25. The van der Waals surface area contributed by atoms with Gasteiger partial charge < -0.3 is 15.1 Å². The van der Waals surface area contributed by atoms with Crippen molar-refractivity contribution in [3.8, 4) is 11.5 Å². The number of phenols is 2. The minimum absolute atomic E-state index is 0.201. The molecule has 3 nitrogen and oxygen atoms in total. The molecule has 3 heteroatoms. The molecule has 1 aromatic carbocycles. The number of phenolic OH excluding ortho intramolecular Hbond substituents is 2. The van der Waals surface area contributed by atoms with Crippen LogP contribution >= 0.6 is 0 Å². The second kappa shape index (κ2) is 4.14. The van der Waals surface area contributed by atoms with Crippen molar-refractivity contribution in [3.05, 3.63) is 23.8 Å². The van der Waals surface area contributed by atoms with Gasteiger partial charge in [0.1, 0.15) is 11.5 Å². The number of hydrogen-bond donors (Lipinski definition) is 2. The maximum Gasteiger partial charge on any atom is 0.119 e. The summed E-state index contributed by atoms with van der Waals surface area (Å²) in [5.74, 6) is 0.450. The molecule has 0 fully saturated rings. The van der Waals surface area contributed by atoms with Gasteiger partial charge in [-0.3, -0.25) is 0 Å². The van der Waals surface area contributed by atoms with E-state index in [0.29, 0.717) is 0 Å². The highest BCUT2D eigenvalue weighted by Crippen LogP contribution is 2.22. The molecule has 0 atom stereocenters. The number of nitrogens with zero attached hydrogens (tertiary/aromatic N) is 1. The van der Waals surface area contributed by atoms with E-state index < -0.39 is 0 Å². The predicted molar refractivity (Wildman–Crippen MR) is 52.0 cm³/mol. The van der Waals surface area contributed by atoms with Gasteiger partial charge in [-0.15, -0.1) is 0 Å². The van der Waals surface area contributed by atoms with Crippen LogP contribution in [0.5, 0.6) is 11.5 Å². The van der Waals surface area contributed by atoms with Crippen molar-refractivity contribution in [3.63, 3.8) is 0 Å². The number of likely N-dealkylation sites (N-methyl/N-ethyl adjacent to an activating group) is 1. The molecule has 0 aliphatic carbocycles. The maximum atomic E-state index is 9.42. The van der Waals surface area contributed by atoms with E-state index in [4.69, 9.17) is 0 Å². The van der Waals surface area contributed by atoms with E-state index >= 15 is 0 Å². The molecule has 0 saturated heterocycles. The molecule has 0 heterocycles. The summed E-state index contributed by atoms with van der Waals surface area (Å²) < 4.78 is 0. The van der Waals surface area contributed by atoms with Gasteiger partial charge in [-0.1, -0.05) is 0 Å². The zero-order valence-electron chi connectivity index (χ0n) is 7.99. The summed E-state index contributed by atoms with van der Waals surface area (Å²) in [5.41, 5.74) is 0.786. The van der Waals surface area contributed by atoms with Crippen LogP contribution in [0.4, 0.5) is 0 Å². The smallest absolute Gasteiger partial charge is 0.119 e. The molecule has 0 amide bonds. The minimum atomic E-state index is 0.201. The Balaban J connectivity index is 2.70. The Morgan fingerprint density at radius 2 is 1.92 bits per heavy atom. The summed E-state index contributed by atoms with van der Waals surface area (Å²) in [6.07, 6.45) is 0.743. The molecular formula is C10H15NO2. The quantitative estimate of drug-likeness (QED) is 0.689. The molecule has 0 radical (unpaired) electrons.